The lowest BCUT2D eigenvalue weighted by Gasteiger charge is -2.35. The molecule has 2 rings (SSSR count). The lowest BCUT2D eigenvalue weighted by atomic mass is 9.91. The van der Waals surface area contributed by atoms with Gasteiger partial charge in [0.2, 0.25) is 0 Å². The highest BCUT2D eigenvalue weighted by atomic mass is 79.9. The Morgan fingerprint density at radius 1 is 1.44 bits per heavy atom. The van der Waals surface area contributed by atoms with Crippen molar-refractivity contribution in [3.8, 4) is 5.75 Å². The minimum absolute atomic E-state index is 0.0704. The van der Waals surface area contributed by atoms with E-state index in [4.69, 9.17) is 4.74 Å². The van der Waals surface area contributed by atoms with Gasteiger partial charge in [0.1, 0.15) is 11.4 Å². The second kappa shape index (κ2) is 4.04. The molecule has 1 N–H and O–H groups in total. The lowest BCUT2D eigenvalue weighted by molar-refractivity contribution is 0.00742. The van der Waals surface area contributed by atoms with Gasteiger partial charge in [-0.1, -0.05) is 15.9 Å². The van der Waals surface area contributed by atoms with Crippen molar-refractivity contribution >= 4 is 15.9 Å². The number of aliphatic hydroxyl groups excluding tert-OH is 1. The first-order valence-electron chi connectivity index (χ1n) is 5.55. The fourth-order valence-corrected chi connectivity index (χ4v) is 2.63. The van der Waals surface area contributed by atoms with Crippen molar-refractivity contribution in [2.24, 2.45) is 0 Å². The first kappa shape index (κ1) is 11.9. The average Bonchev–Trinajstić information content (AvgIpc) is 2.28. The molecule has 1 atom stereocenters. The number of aliphatic hydroxyl groups is 1. The van der Waals surface area contributed by atoms with Crippen molar-refractivity contribution in [1.82, 2.24) is 0 Å². The smallest absolute Gasteiger partial charge is 0.129 e. The summed E-state index contributed by atoms with van der Waals surface area (Å²) in [6, 6.07) is 2.13. The fourth-order valence-electron chi connectivity index (χ4n) is 2.05. The fraction of sp³-hybridized carbons (Fsp3) is 0.538. The highest BCUT2D eigenvalue weighted by molar-refractivity contribution is 9.10. The zero-order valence-electron chi connectivity index (χ0n) is 9.93. The van der Waals surface area contributed by atoms with Gasteiger partial charge in [0.05, 0.1) is 6.61 Å². The van der Waals surface area contributed by atoms with Crippen LogP contribution in [0.25, 0.3) is 0 Å². The Labute approximate surface area is 105 Å². The molecule has 1 heterocycles. The maximum atomic E-state index is 9.36. The first-order chi connectivity index (χ1) is 7.47. The quantitative estimate of drug-likeness (QED) is 0.859. The van der Waals surface area contributed by atoms with E-state index >= 15 is 0 Å². The summed E-state index contributed by atoms with van der Waals surface area (Å²) in [5.74, 6) is 0.962. The van der Waals surface area contributed by atoms with Gasteiger partial charge >= 0.3 is 0 Å². The number of hydrogen-bond acceptors (Lipinski definition) is 2. The molecule has 0 bridgehead atoms. The van der Waals surface area contributed by atoms with Gasteiger partial charge in [0.25, 0.3) is 0 Å². The standard InChI is InChI=1S/C13H17BrO2/c1-8-9(2)12-10(6-11(8)14)4-5-13(3,7-15)16-12/h6,15H,4-5,7H2,1-3H3. The van der Waals surface area contributed by atoms with Crippen molar-refractivity contribution in [1.29, 1.82) is 0 Å². The summed E-state index contributed by atoms with van der Waals surface area (Å²) < 4.78 is 7.10. The van der Waals surface area contributed by atoms with Gasteiger partial charge in [0, 0.05) is 4.47 Å². The topological polar surface area (TPSA) is 29.5 Å². The molecule has 1 aromatic rings. The summed E-state index contributed by atoms with van der Waals surface area (Å²) in [4.78, 5) is 0. The number of rotatable bonds is 1. The van der Waals surface area contributed by atoms with Crippen LogP contribution in [0.2, 0.25) is 0 Å². The molecule has 1 unspecified atom stereocenters. The number of benzene rings is 1. The highest BCUT2D eigenvalue weighted by Crippen LogP contribution is 2.39. The average molecular weight is 285 g/mol. The summed E-state index contributed by atoms with van der Waals surface area (Å²) in [6.45, 7) is 6.18. The predicted molar refractivity (Wildman–Crippen MR) is 68.1 cm³/mol. The van der Waals surface area contributed by atoms with E-state index in [1.165, 1.54) is 16.7 Å². The SMILES string of the molecule is Cc1c(Br)cc2c(c1C)OC(C)(CO)CC2. The zero-order chi connectivity index (χ0) is 11.9. The third-order valence-corrected chi connectivity index (χ3v) is 4.28. The van der Waals surface area contributed by atoms with E-state index in [1.807, 2.05) is 6.92 Å². The maximum Gasteiger partial charge on any atom is 0.129 e. The van der Waals surface area contributed by atoms with Crippen LogP contribution in [-0.4, -0.2) is 17.3 Å². The molecule has 0 aromatic heterocycles. The summed E-state index contributed by atoms with van der Waals surface area (Å²) in [6.07, 6.45) is 1.83. The zero-order valence-corrected chi connectivity index (χ0v) is 11.5. The molecule has 3 heteroatoms. The van der Waals surface area contributed by atoms with Crippen LogP contribution in [0.1, 0.15) is 30.0 Å². The normalized spacial score (nSPS) is 23.8. The van der Waals surface area contributed by atoms with Crippen molar-refractivity contribution < 1.29 is 9.84 Å². The van der Waals surface area contributed by atoms with Crippen molar-refractivity contribution in [3.63, 3.8) is 0 Å². The van der Waals surface area contributed by atoms with Crippen molar-refractivity contribution in [2.75, 3.05) is 6.61 Å². The molecule has 0 fully saturated rings. The Balaban J connectivity index is 2.49. The summed E-state index contributed by atoms with van der Waals surface area (Å²) in [5.41, 5.74) is 3.20. The van der Waals surface area contributed by atoms with Crippen molar-refractivity contribution in [2.45, 2.75) is 39.2 Å². The van der Waals surface area contributed by atoms with E-state index in [2.05, 4.69) is 35.8 Å². The van der Waals surface area contributed by atoms with Crippen LogP contribution in [0.5, 0.6) is 5.75 Å². The van der Waals surface area contributed by atoms with Crippen molar-refractivity contribution in [3.05, 3.63) is 27.2 Å². The van der Waals surface area contributed by atoms with Gasteiger partial charge in [-0.3, -0.25) is 0 Å². The molecule has 0 saturated carbocycles. The molecule has 0 aliphatic carbocycles. The van der Waals surface area contributed by atoms with E-state index in [9.17, 15) is 5.11 Å². The van der Waals surface area contributed by atoms with Gasteiger partial charge in [-0.25, -0.2) is 0 Å². The minimum Gasteiger partial charge on any atom is -0.485 e. The lowest BCUT2D eigenvalue weighted by Crippen LogP contribution is -2.40. The molecule has 1 aliphatic rings. The van der Waals surface area contributed by atoms with E-state index in [0.29, 0.717) is 0 Å². The monoisotopic (exact) mass is 284 g/mol. The number of ether oxygens (including phenoxy) is 1. The molecule has 0 radical (unpaired) electrons. The van der Waals surface area contributed by atoms with Gasteiger partial charge in [-0.05, 0) is 56.4 Å². The summed E-state index contributed by atoms with van der Waals surface area (Å²) >= 11 is 3.57. The van der Waals surface area contributed by atoms with E-state index in [-0.39, 0.29) is 6.61 Å². The number of hydrogen-bond donors (Lipinski definition) is 1. The molecule has 0 saturated heterocycles. The highest BCUT2D eigenvalue weighted by Gasteiger charge is 2.32. The van der Waals surface area contributed by atoms with Gasteiger partial charge in [0.15, 0.2) is 0 Å². The summed E-state index contributed by atoms with van der Waals surface area (Å²) in [7, 11) is 0. The van der Waals surface area contributed by atoms with Crippen LogP contribution >= 0.6 is 15.9 Å². The molecule has 1 aromatic carbocycles. The van der Waals surface area contributed by atoms with E-state index in [0.717, 1.165) is 23.1 Å². The van der Waals surface area contributed by atoms with Gasteiger partial charge < -0.3 is 9.84 Å². The van der Waals surface area contributed by atoms with Crippen LogP contribution in [0, 0.1) is 13.8 Å². The molecular formula is C13H17BrO2. The maximum absolute atomic E-state index is 9.36. The largest absolute Gasteiger partial charge is 0.485 e. The van der Waals surface area contributed by atoms with Gasteiger partial charge in [-0.2, -0.15) is 0 Å². The van der Waals surface area contributed by atoms with Crippen LogP contribution in [-0.2, 0) is 6.42 Å². The minimum atomic E-state index is -0.419. The molecule has 88 valence electrons. The number of fused-ring (bicyclic) bond motifs is 1. The molecule has 2 nitrogen and oxygen atoms in total. The summed E-state index contributed by atoms with van der Waals surface area (Å²) in [5, 5.41) is 9.36. The van der Waals surface area contributed by atoms with Crippen LogP contribution < -0.4 is 4.74 Å². The number of halogens is 1. The number of aryl methyl sites for hydroxylation is 1. The molecule has 16 heavy (non-hydrogen) atoms. The van der Waals surface area contributed by atoms with E-state index in [1.54, 1.807) is 0 Å². The molecule has 1 aliphatic heterocycles. The first-order valence-corrected chi connectivity index (χ1v) is 6.34. The molecule has 0 amide bonds. The Morgan fingerprint density at radius 3 is 2.75 bits per heavy atom. The third kappa shape index (κ3) is 1.87. The predicted octanol–water partition coefficient (Wildman–Crippen LogP) is 3.14. The molecule has 0 spiro atoms. The van der Waals surface area contributed by atoms with Crippen LogP contribution in [0.15, 0.2) is 10.5 Å². The Hall–Kier alpha value is -0.540. The van der Waals surface area contributed by atoms with Crippen LogP contribution in [0.4, 0.5) is 0 Å². The third-order valence-electron chi connectivity index (χ3n) is 3.46. The Morgan fingerprint density at radius 2 is 2.12 bits per heavy atom. The Bertz CT molecular complexity index is 428. The Kier molecular flexibility index (Phi) is 3.01. The second-order valence-electron chi connectivity index (χ2n) is 4.81. The van der Waals surface area contributed by atoms with E-state index < -0.39 is 5.60 Å². The van der Waals surface area contributed by atoms with Gasteiger partial charge in [-0.15, -0.1) is 0 Å². The van der Waals surface area contributed by atoms with Crippen LogP contribution in [0.3, 0.4) is 0 Å². The second-order valence-corrected chi connectivity index (χ2v) is 5.66. The molecular weight excluding hydrogens is 268 g/mol.